The third-order valence-corrected chi connectivity index (χ3v) is 11.4. The molecule has 10 heteroatoms. The maximum absolute atomic E-state index is 11.0. The maximum Gasteiger partial charge on any atom is 0.134 e. The van der Waals surface area contributed by atoms with E-state index in [1.807, 2.05) is 54.8 Å². The van der Waals surface area contributed by atoms with Gasteiger partial charge in [-0.3, -0.25) is 4.21 Å². The fraction of sp³-hybridized carbons (Fsp3) is 0.250. The van der Waals surface area contributed by atoms with Gasteiger partial charge >= 0.3 is 0 Å². The SMILES string of the molecule is CCSc1ccc(O)c(Cl)c1.CCSc1ccc(O)cc1.CCc1ccccc1.CSc1cccc(S(C)=O)c1.CSc1cccc(SC)c1. The Morgan fingerprint density at radius 2 is 1.08 bits per heavy atom. The number of phenolic OH excluding ortho intramolecular Hbond substituents is 2. The number of rotatable bonds is 9. The highest BCUT2D eigenvalue weighted by molar-refractivity contribution is 8.00. The van der Waals surface area contributed by atoms with Gasteiger partial charge in [0.2, 0.25) is 0 Å². The first kappa shape index (κ1) is 45.9. The number of phenols is 2. The molecule has 5 aromatic carbocycles. The molecule has 0 spiro atoms. The van der Waals surface area contributed by atoms with Crippen molar-refractivity contribution in [3.05, 3.63) is 132 Å². The number of benzene rings is 5. The lowest BCUT2D eigenvalue weighted by molar-refractivity contribution is 0.474. The summed E-state index contributed by atoms with van der Waals surface area (Å²) in [5.41, 5.74) is 1.41. The molecule has 3 nitrogen and oxygen atoms in total. The number of aryl methyl sites for hydroxylation is 1. The van der Waals surface area contributed by atoms with Gasteiger partial charge in [-0.2, -0.15) is 0 Å². The van der Waals surface area contributed by atoms with Gasteiger partial charge < -0.3 is 10.2 Å². The monoisotopic (exact) mass is 804 g/mol. The van der Waals surface area contributed by atoms with Crippen molar-refractivity contribution in [2.45, 2.75) is 56.6 Å². The molecule has 1 unspecified atom stereocenters. The fourth-order valence-corrected chi connectivity index (χ4v) is 7.37. The number of hydrogen-bond donors (Lipinski definition) is 2. The van der Waals surface area contributed by atoms with Crippen LogP contribution in [0.25, 0.3) is 0 Å². The van der Waals surface area contributed by atoms with Gasteiger partial charge in [-0.25, -0.2) is 0 Å². The van der Waals surface area contributed by atoms with E-state index >= 15 is 0 Å². The second-order valence-corrected chi connectivity index (χ2v) is 16.9. The summed E-state index contributed by atoms with van der Waals surface area (Å²) in [5.74, 6) is 2.57. The van der Waals surface area contributed by atoms with Crippen LogP contribution in [0.4, 0.5) is 0 Å². The standard InChI is InChI=1S/C8H9ClOS.C8H10OS2.C8H10OS.C8H10S2.C8H10/c1-2-11-6-3-4-8(10)7(9)5-6;1-10-7-4-3-5-8(6-7)11(2)9;1-2-10-8-5-3-7(9)4-6-8;1-9-7-4-3-5-8(6-7)10-2;1-2-8-6-4-3-5-7-8/h3-5,10H,2H2,1H3;3-6H,1-2H3;3-6,9H,2H2,1H3;3-6H,1-2H3;3-7H,2H2,1H3. The molecule has 0 aromatic heterocycles. The normalized spacial score (nSPS) is 10.4. The molecule has 0 radical (unpaired) electrons. The van der Waals surface area contributed by atoms with Crippen molar-refractivity contribution in [3.8, 4) is 11.5 Å². The molecule has 0 saturated carbocycles. The molecule has 0 amide bonds. The summed E-state index contributed by atoms with van der Waals surface area (Å²) in [6.45, 7) is 6.35. The summed E-state index contributed by atoms with van der Waals surface area (Å²) in [6.07, 6.45) is 9.04. The molecular formula is C40H49ClO3S6. The van der Waals surface area contributed by atoms with Crippen LogP contribution in [-0.4, -0.2) is 51.0 Å². The van der Waals surface area contributed by atoms with Crippen molar-refractivity contribution in [1.29, 1.82) is 0 Å². The van der Waals surface area contributed by atoms with Gasteiger partial charge in [-0.05, 0) is 121 Å². The van der Waals surface area contributed by atoms with Crippen molar-refractivity contribution >= 4 is 81.2 Å². The second-order valence-electron chi connectivity index (χ2n) is 9.83. The summed E-state index contributed by atoms with van der Waals surface area (Å²) in [5, 5.41) is 18.4. The number of halogens is 1. The van der Waals surface area contributed by atoms with E-state index in [1.165, 1.54) is 20.2 Å². The Labute approximate surface area is 329 Å². The molecule has 5 rings (SSSR count). The zero-order valence-electron chi connectivity index (χ0n) is 29.8. The number of aromatic hydroxyl groups is 2. The van der Waals surface area contributed by atoms with E-state index in [-0.39, 0.29) is 5.75 Å². The third-order valence-electron chi connectivity index (χ3n) is 6.28. The van der Waals surface area contributed by atoms with Crippen molar-refractivity contribution < 1.29 is 14.4 Å². The molecule has 0 aliphatic heterocycles. The topological polar surface area (TPSA) is 57.5 Å². The van der Waals surface area contributed by atoms with Gasteiger partial charge in [-0.1, -0.05) is 74.8 Å². The summed E-state index contributed by atoms with van der Waals surface area (Å²) in [6, 6.07) is 39.3. The van der Waals surface area contributed by atoms with Crippen molar-refractivity contribution in [2.75, 3.05) is 36.5 Å². The molecule has 1 atom stereocenters. The van der Waals surface area contributed by atoms with Crippen molar-refractivity contribution in [1.82, 2.24) is 0 Å². The van der Waals surface area contributed by atoms with Crippen molar-refractivity contribution in [2.24, 2.45) is 0 Å². The zero-order chi connectivity index (χ0) is 37.1. The lowest BCUT2D eigenvalue weighted by atomic mass is 10.2. The molecule has 0 aliphatic rings. The Morgan fingerprint density at radius 1 is 0.580 bits per heavy atom. The van der Waals surface area contributed by atoms with Crippen LogP contribution in [0, 0.1) is 0 Å². The van der Waals surface area contributed by atoms with E-state index in [0.717, 1.165) is 32.6 Å². The fourth-order valence-electron chi connectivity index (χ4n) is 3.67. The lowest BCUT2D eigenvalue weighted by Gasteiger charge is -1.99. The van der Waals surface area contributed by atoms with Crippen LogP contribution >= 0.6 is 70.4 Å². The predicted molar refractivity (Wildman–Crippen MR) is 230 cm³/mol. The lowest BCUT2D eigenvalue weighted by Crippen LogP contribution is -1.86. The van der Waals surface area contributed by atoms with E-state index in [9.17, 15) is 4.21 Å². The Hall–Kier alpha value is -2.11. The summed E-state index contributed by atoms with van der Waals surface area (Å²) in [4.78, 5) is 7.05. The van der Waals surface area contributed by atoms with Crippen LogP contribution in [0.1, 0.15) is 26.3 Å². The molecule has 0 aliphatic carbocycles. The average Bonchev–Trinajstić information content (AvgIpc) is 3.15. The minimum absolute atomic E-state index is 0.145. The van der Waals surface area contributed by atoms with Gasteiger partial charge in [0, 0.05) is 46.4 Å². The minimum Gasteiger partial charge on any atom is -0.508 e. The molecule has 0 bridgehead atoms. The summed E-state index contributed by atoms with van der Waals surface area (Å²) in [7, 11) is -0.854. The number of thioether (sulfide) groups is 5. The second kappa shape index (κ2) is 28.5. The maximum atomic E-state index is 11.0. The summed E-state index contributed by atoms with van der Waals surface area (Å²) >= 11 is 14.4. The van der Waals surface area contributed by atoms with E-state index in [1.54, 1.807) is 89.3 Å². The molecular weight excluding hydrogens is 756 g/mol. The van der Waals surface area contributed by atoms with E-state index in [0.29, 0.717) is 10.8 Å². The number of hydrogen-bond acceptors (Lipinski definition) is 8. The van der Waals surface area contributed by atoms with Crippen LogP contribution < -0.4 is 0 Å². The first-order valence-electron chi connectivity index (χ1n) is 15.8. The highest BCUT2D eigenvalue weighted by Gasteiger charge is 1.99. The highest BCUT2D eigenvalue weighted by Crippen LogP contribution is 2.28. The van der Waals surface area contributed by atoms with Gasteiger partial charge in [-0.15, -0.1) is 58.8 Å². The Bertz CT molecular complexity index is 1620. The van der Waals surface area contributed by atoms with E-state index in [4.69, 9.17) is 21.8 Å². The molecule has 5 aromatic rings. The molecule has 0 saturated heterocycles. The van der Waals surface area contributed by atoms with Crippen molar-refractivity contribution in [3.63, 3.8) is 0 Å². The van der Waals surface area contributed by atoms with Gasteiger partial charge in [0.05, 0.1) is 5.02 Å². The average molecular weight is 806 g/mol. The Balaban J connectivity index is 0.000000314. The van der Waals surface area contributed by atoms with Gasteiger partial charge in [0.1, 0.15) is 11.5 Å². The largest absolute Gasteiger partial charge is 0.508 e. The van der Waals surface area contributed by atoms with Crippen LogP contribution in [0.3, 0.4) is 0 Å². The van der Waals surface area contributed by atoms with Crippen LogP contribution in [0.5, 0.6) is 11.5 Å². The first-order valence-corrected chi connectivity index (χ1v) is 23.4. The Kier molecular flexibility index (Phi) is 26.1. The Morgan fingerprint density at radius 3 is 1.54 bits per heavy atom. The van der Waals surface area contributed by atoms with Gasteiger partial charge in [0.25, 0.3) is 0 Å². The van der Waals surface area contributed by atoms with Gasteiger partial charge in [0.15, 0.2) is 0 Å². The summed E-state index contributed by atoms with van der Waals surface area (Å²) < 4.78 is 11.0. The van der Waals surface area contributed by atoms with E-state index < -0.39 is 10.8 Å². The molecule has 2 N–H and O–H groups in total. The molecule has 50 heavy (non-hydrogen) atoms. The quantitative estimate of drug-likeness (QED) is 0.143. The predicted octanol–water partition coefficient (Wildman–Crippen LogP) is 13.2. The third kappa shape index (κ3) is 20.7. The zero-order valence-corrected chi connectivity index (χ0v) is 35.5. The molecule has 0 fully saturated rings. The highest BCUT2D eigenvalue weighted by atomic mass is 35.5. The smallest absolute Gasteiger partial charge is 0.134 e. The van der Waals surface area contributed by atoms with E-state index in [2.05, 4.69) is 81.8 Å². The first-order chi connectivity index (χ1) is 24.1. The van der Waals surface area contributed by atoms with Crippen LogP contribution in [0.15, 0.2) is 151 Å². The van der Waals surface area contributed by atoms with Crippen LogP contribution in [0.2, 0.25) is 5.02 Å². The minimum atomic E-state index is -0.854. The van der Waals surface area contributed by atoms with Crippen LogP contribution in [-0.2, 0) is 17.2 Å². The molecule has 270 valence electrons. The molecule has 0 heterocycles.